The summed E-state index contributed by atoms with van der Waals surface area (Å²) in [5.74, 6) is -0.402. The zero-order valence-corrected chi connectivity index (χ0v) is 9.69. The Bertz CT molecular complexity index is 337. The van der Waals surface area contributed by atoms with Crippen LogP contribution in [0.5, 0.6) is 0 Å². The molecular formula is C9H8F4IN. The van der Waals surface area contributed by atoms with Crippen molar-refractivity contribution in [3.05, 3.63) is 27.6 Å². The molecule has 0 amide bonds. The lowest BCUT2D eigenvalue weighted by Crippen LogP contribution is -2.15. The molecule has 15 heavy (non-hydrogen) atoms. The van der Waals surface area contributed by atoms with Gasteiger partial charge in [0, 0.05) is 15.8 Å². The van der Waals surface area contributed by atoms with Gasteiger partial charge in [-0.2, -0.15) is 13.2 Å². The molecule has 1 aromatic rings. The number of alkyl halides is 3. The average Bonchev–Trinajstić information content (AvgIpc) is 2.07. The van der Waals surface area contributed by atoms with Crippen LogP contribution < -0.4 is 5.32 Å². The van der Waals surface area contributed by atoms with Crippen LogP contribution in [-0.4, -0.2) is 12.7 Å². The highest BCUT2D eigenvalue weighted by Crippen LogP contribution is 2.22. The molecular weight excluding hydrogens is 325 g/mol. The summed E-state index contributed by atoms with van der Waals surface area (Å²) in [6.07, 6.45) is -5.07. The summed E-state index contributed by atoms with van der Waals surface area (Å²) in [6, 6.07) is 3.89. The molecule has 0 radical (unpaired) electrons. The van der Waals surface area contributed by atoms with Crippen molar-refractivity contribution in [1.29, 1.82) is 0 Å². The average molecular weight is 333 g/mol. The maximum absolute atomic E-state index is 12.6. The Morgan fingerprint density at radius 3 is 2.47 bits per heavy atom. The summed E-state index contributed by atoms with van der Waals surface area (Å²) in [5.41, 5.74) is 0.515. The number of anilines is 1. The van der Waals surface area contributed by atoms with E-state index in [2.05, 4.69) is 5.32 Å². The lowest BCUT2D eigenvalue weighted by molar-refractivity contribution is -0.131. The van der Waals surface area contributed by atoms with Crippen LogP contribution in [0.1, 0.15) is 6.42 Å². The van der Waals surface area contributed by atoms with Gasteiger partial charge in [0.1, 0.15) is 5.82 Å². The van der Waals surface area contributed by atoms with Gasteiger partial charge in [0.05, 0.1) is 6.42 Å². The standard InChI is InChI=1S/C9H8F4IN/c10-6-1-2-8(7(14)5-6)15-4-3-9(11,12)13/h1-2,5,15H,3-4H2. The normalized spacial score (nSPS) is 11.5. The van der Waals surface area contributed by atoms with Crippen molar-refractivity contribution in [3.63, 3.8) is 0 Å². The third kappa shape index (κ3) is 4.67. The first kappa shape index (κ1) is 12.5. The second-order valence-electron chi connectivity index (χ2n) is 2.92. The number of halogens is 5. The molecule has 1 N–H and O–H groups in total. The summed E-state index contributed by atoms with van der Waals surface area (Å²) < 4.78 is 48.7. The molecule has 0 saturated carbocycles. The Morgan fingerprint density at radius 2 is 1.93 bits per heavy atom. The molecule has 0 aliphatic rings. The monoisotopic (exact) mass is 333 g/mol. The number of benzene rings is 1. The van der Waals surface area contributed by atoms with Crippen LogP contribution in [-0.2, 0) is 0 Å². The summed E-state index contributed by atoms with van der Waals surface area (Å²) >= 11 is 1.86. The highest BCUT2D eigenvalue weighted by Gasteiger charge is 2.26. The Labute approximate surface area is 98.0 Å². The Kier molecular flexibility index (Phi) is 4.18. The van der Waals surface area contributed by atoms with Gasteiger partial charge >= 0.3 is 6.18 Å². The Balaban J connectivity index is 2.51. The zero-order chi connectivity index (χ0) is 11.5. The summed E-state index contributed by atoms with van der Waals surface area (Å²) in [5, 5.41) is 2.60. The van der Waals surface area contributed by atoms with Crippen molar-refractivity contribution < 1.29 is 17.6 Å². The summed E-state index contributed by atoms with van der Waals surface area (Å²) in [7, 11) is 0. The number of hydrogen-bond donors (Lipinski definition) is 1. The van der Waals surface area contributed by atoms with Gasteiger partial charge in [-0.25, -0.2) is 4.39 Å². The van der Waals surface area contributed by atoms with Gasteiger partial charge in [-0.3, -0.25) is 0 Å². The van der Waals surface area contributed by atoms with Crippen molar-refractivity contribution in [1.82, 2.24) is 0 Å². The van der Waals surface area contributed by atoms with E-state index in [4.69, 9.17) is 0 Å². The molecule has 0 aliphatic carbocycles. The molecule has 6 heteroatoms. The van der Waals surface area contributed by atoms with E-state index in [1.54, 1.807) is 0 Å². The van der Waals surface area contributed by atoms with E-state index in [1.807, 2.05) is 22.6 Å². The molecule has 0 bridgehead atoms. The highest BCUT2D eigenvalue weighted by atomic mass is 127. The van der Waals surface area contributed by atoms with Crippen LogP contribution in [0.25, 0.3) is 0 Å². The highest BCUT2D eigenvalue weighted by molar-refractivity contribution is 14.1. The fourth-order valence-electron chi connectivity index (χ4n) is 0.972. The molecule has 1 aromatic carbocycles. The minimum atomic E-state index is -4.17. The Hall–Kier alpha value is -0.530. The van der Waals surface area contributed by atoms with Crippen LogP contribution in [0.2, 0.25) is 0 Å². The molecule has 0 fully saturated rings. The Morgan fingerprint density at radius 1 is 1.27 bits per heavy atom. The van der Waals surface area contributed by atoms with Crippen molar-refractivity contribution in [3.8, 4) is 0 Å². The van der Waals surface area contributed by atoms with Crippen LogP contribution in [0.3, 0.4) is 0 Å². The van der Waals surface area contributed by atoms with Crippen LogP contribution >= 0.6 is 22.6 Å². The molecule has 0 atom stereocenters. The topological polar surface area (TPSA) is 12.0 Å². The van der Waals surface area contributed by atoms with E-state index < -0.39 is 18.4 Å². The lowest BCUT2D eigenvalue weighted by atomic mass is 10.3. The molecule has 0 aromatic heterocycles. The quantitative estimate of drug-likeness (QED) is 0.656. The molecule has 0 aliphatic heterocycles. The third-order valence-electron chi connectivity index (χ3n) is 1.66. The van der Waals surface area contributed by atoms with E-state index in [9.17, 15) is 17.6 Å². The van der Waals surface area contributed by atoms with Gasteiger partial charge in [0.2, 0.25) is 0 Å². The fraction of sp³-hybridized carbons (Fsp3) is 0.333. The lowest BCUT2D eigenvalue weighted by Gasteiger charge is -2.10. The molecule has 0 spiro atoms. The van der Waals surface area contributed by atoms with Gasteiger partial charge in [0.15, 0.2) is 0 Å². The number of rotatable bonds is 3. The van der Waals surface area contributed by atoms with Gasteiger partial charge in [-0.15, -0.1) is 0 Å². The van der Waals surface area contributed by atoms with Crippen LogP contribution in [0.4, 0.5) is 23.2 Å². The van der Waals surface area contributed by atoms with E-state index >= 15 is 0 Å². The van der Waals surface area contributed by atoms with Gasteiger partial charge in [-0.1, -0.05) is 0 Å². The van der Waals surface area contributed by atoms with Crippen LogP contribution in [0, 0.1) is 9.39 Å². The maximum Gasteiger partial charge on any atom is 0.390 e. The first-order chi connectivity index (χ1) is 6.88. The predicted octanol–water partition coefficient (Wildman–Crippen LogP) is 3.79. The van der Waals surface area contributed by atoms with Crippen LogP contribution in [0.15, 0.2) is 18.2 Å². The summed E-state index contributed by atoms with van der Waals surface area (Å²) in [6.45, 7) is -0.203. The van der Waals surface area contributed by atoms with Crippen molar-refractivity contribution in [2.75, 3.05) is 11.9 Å². The molecule has 1 rings (SSSR count). The predicted molar refractivity (Wildman–Crippen MR) is 58.3 cm³/mol. The van der Waals surface area contributed by atoms with Gasteiger partial charge in [0.25, 0.3) is 0 Å². The van der Waals surface area contributed by atoms with E-state index in [-0.39, 0.29) is 6.54 Å². The van der Waals surface area contributed by atoms with E-state index in [0.717, 1.165) is 0 Å². The largest absolute Gasteiger partial charge is 0.390 e. The SMILES string of the molecule is Fc1ccc(NCCC(F)(F)F)c(I)c1. The second-order valence-corrected chi connectivity index (χ2v) is 4.08. The first-order valence-electron chi connectivity index (χ1n) is 4.14. The zero-order valence-electron chi connectivity index (χ0n) is 7.54. The smallest absolute Gasteiger partial charge is 0.384 e. The van der Waals surface area contributed by atoms with Crippen molar-refractivity contribution in [2.24, 2.45) is 0 Å². The molecule has 84 valence electrons. The third-order valence-corrected chi connectivity index (χ3v) is 2.55. The van der Waals surface area contributed by atoms with Gasteiger partial charge in [-0.05, 0) is 40.8 Å². The van der Waals surface area contributed by atoms with Crippen molar-refractivity contribution >= 4 is 28.3 Å². The van der Waals surface area contributed by atoms with Gasteiger partial charge < -0.3 is 5.32 Å². The van der Waals surface area contributed by atoms with E-state index in [0.29, 0.717) is 9.26 Å². The minimum absolute atomic E-state index is 0.203. The minimum Gasteiger partial charge on any atom is -0.384 e. The maximum atomic E-state index is 12.6. The fourth-order valence-corrected chi connectivity index (χ4v) is 1.64. The van der Waals surface area contributed by atoms with Crippen molar-refractivity contribution in [2.45, 2.75) is 12.6 Å². The van der Waals surface area contributed by atoms with E-state index in [1.165, 1.54) is 18.2 Å². The number of nitrogens with one attached hydrogen (secondary N) is 1. The number of hydrogen-bond acceptors (Lipinski definition) is 1. The molecule has 0 unspecified atom stereocenters. The molecule has 1 nitrogen and oxygen atoms in total. The molecule has 0 saturated heterocycles. The first-order valence-corrected chi connectivity index (χ1v) is 5.22. The summed E-state index contributed by atoms with van der Waals surface area (Å²) in [4.78, 5) is 0. The molecule has 0 heterocycles. The second kappa shape index (κ2) is 5.00.